The number of pyridine rings is 1. The van der Waals surface area contributed by atoms with Gasteiger partial charge < -0.3 is 5.32 Å². The molecule has 2 aliphatic carbocycles. The number of amidine groups is 1. The van der Waals surface area contributed by atoms with E-state index in [1.54, 1.807) is 19.1 Å². The Morgan fingerprint density at radius 2 is 1.88 bits per heavy atom. The largest absolute Gasteiger partial charge is 0.451 e. The number of fused-ring (bicyclic) bond motifs is 1. The predicted octanol–water partition coefficient (Wildman–Crippen LogP) is 4.59. The molecule has 2 saturated heterocycles. The summed E-state index contributed by atoms with van der Waals surface area (Å²) in [6.07, 6.45) is -0.656. The fraction of sp³-hybridized carbons (Fsp3) is 0.407. The van der Waals surface area contributed by atoms with E-state index in [9.17, 15) is 30.8 Å². The van der Waals surface area contributed by atoms with Crippen LogP contribution in [0.1, 0.15) is 55.5 Å². The molecular weight excluding hydrogens is 550 g/mol. The number of carbonyl (C=O) groups excluding carboxylic acids is 1. The van der Waals surface area contributed by atoms with E-state index in [1.165, 1.54) is 16.4 Å². The molecule has 40 heavy (non-hydrogen) atoms. The standard InChI is InChI=1S/C27H27F4N5O3S/c1-15(13-34-26(32-2)27(29,30)31)17-9-20(35-23(12-17)16-3-4-16)14-33-25(37)24-18-10-21(11-18)36(24)40(38,39)22-7-5-19(28)6-8-22/h5-9,12-13,16,18,21,24H,2-4,10-11,14H2,1H3,(H,33,37)/b15-13+,34-26?/t18?,21?,24-/m0/s1. The van der Waals surface area contributed by atoms with Crippen LogP contribution in [0.5, 0.6) is 0 Å². The maximum absolute atomic E-state index is 13.4. The average Bonchev–Trinajstić information content (AvgIpc) is 3.56. The summed E-state index contributed by atoms with van der Waals surface area (Å²) in [4.78, 5) is 24.2. The van der Waals surface area contributed by atoms with Crippen molar-refractivity contribution in [2.75, 3.05) is 0 Å². The van der Waals surface area contributed by atoms with E-state index in [4.69, 9.17) is 0 Å². The molecular formula is C27H27F4N5O3S. The number of aromatic nitrogens is 1. The van der Waals surface area contributed by atoms with E-state index < -0.39 is 39.8 Å². The molecule has 3 heterocycles. The van der Waals surface area contributed by atoms with Crippen molar-refractivity contribution in [3.05, 3.63) is 65.4 Å². The molecule has 1 atom stereocenters. The first kappa shape index (κ1) is 28.1. The van der Waals surface area contributed by atoms with Crippen molar-refractivity contribution < 1.29 is 30.8 Å². The highest BCUT2D eigenvalue weighted by molar-refractivity contribution is 7.89. The van der Waals surface area contributed by atoms with Gasteiger partial charge in [0.05, 0.1) is 17.1 Å². The number of aliphatic imine (C=N–C) groups is 2. The van der Waals surface area contributed by atoms with Gasteiger partial charge in [-0.15, -0.1) is 0 Å². The van der Waals surface area contributed by atoms with Crippen LogP contribution in [0.25, 0.3) is 5.57 Å². The first-order valence-electron chi connectivity index (χ1n) is 12.7. The number of sulfonamides is 1. The van der Waals surface area contributed by atoms with Crippen LogP contribution in [-0.4, -0.2) is 54.4 Å². The van der Waals surface area contributed by atoms with Crippen LogP contribution in [0, 0.1) is 11.7 Å². The van der Waals surface area contributed by atoms with Crippen LogP contribution < -0.4 is 5.32 Å². The minimum Gasteiger partial charge on any atom is -0.349 e. The van der Waals surface area contributed by atoms with E-state index >= 15 is 0 Å². The average molecular weight is 578 g/mol. The van der Waals surface area contributed by atoms with E-state index in [0.29, 0.717) is 29.7 Å². The number of hydrogen-bond acceptors (Lipinski definition) is 5. The number of halogens is 4. The summed E-state index contributed by atoms with van der Waals surface area (Å²) >= 11 is 0. The minimum absolute atomic E-state index is 0.00325. The number of nitrogens with zero attached hydrogens (tertiary/aromatic N) is 4. The maximum Gasteiger partial charge on any atom is 0.451 e. The molecule has 2 saturated carbocycles. The van der Waals surface area contributed by atoms with Crippen molar-refractivity contribution in [1.29, 1.82) is 0 Å². The first-order valence-corrected chi connectivity index (χ1v) is 14.2. The maximum atomic E-state index is 13.4. The zero-order valence-electron chi connectivity index (χ0n) is 21.5. The van der Waals surface area contributed by atoms with Gasteiger partial charge in [-0.25, -0.2) is 22.8 Å². The molecule has 13 heteroatoms. The van der Waals surface area contributed by atoms with E-state index in [-0.39, 0.29) is 29.3 Å². The molecule has 2 bridgehead atoms. The topological polar surface area (TPSA) is 104 Å². The van der Waals surface area contributed by atoms with Crippen molar-refractivity contribution in [3.8, 4) is 0 Å². The fourth-order valence-electron chi connectivity index (χ4n) is 5.17. The van der Waals surface area contributed by atoms with Crippen LogP contribution in [0.3, 0.4) is 0 Å². The Labute approximate surface area is 229 Å². The summed E-state index contributed by atoms with van der Waals surface area (Å²) in [7, 11) is -4.02. The summed E-state index contributed by atoms with van der Waals surface area (Å²) in [5.41, 5.74) is 2.29. The van der Waals surface area contributed by atoms with Gasteiger partial charge >= 0.3 is 6.18 Å². The molecule has 0 spiro atoms. The predicted molar refractivity (Wildman–Crippen MR) is 140 cm³/mol. The van der Waals surface area contributed by atoms with Gasteiger partial charge in [-0.3, -0.25) is 9.78 Å². The van der Waals surface area contributed by atoms with Gasteiger partial charge in [0.2, 0.25) is 21.8 Å². The second kappa shape index (κ2) is 10.5. The molecule has 4 aliphatic rings. The molecule has 1 amide bonds. The lowest BCUT2D eigenvalue weighted by Gasteiger charge is -2.25. The minimum atomic E-state index is -4.73. The Kier molecular flexibility index (Phi) is 7.38. The quantitative estimate of drug-likeness (QED) is 0.282. The summed E-state index contributed by atoms with van der Waals surface area (Å²) in [5, 5.41) is 2.81. The zero-order valence-corrected chi connectivity index (χ0v) is 22.3. The lowest BCUT2D eigenvalue weighted by molar-refractivity contribution is -0.124. The van der Waals surface area contributed by atoms with Gasteiger partial charge in [-0.1, -0.05) is 0 Å². The smallest absolute Gasteiger partial charge is 0.349 e. The number of allylic oxidation sites excluding steroid dienone is 1. The number of alkyl halides is 3. The Morgan fingerprint density at radius 1 is 1.20 bits per heavy atom. The number of benzene rings is 1. The number of hydrogen-bond donors (Lipinski definition) is 1. The molecule has 0 radical (unpaired) electrons. The first-order chi connectivity index (χ1) is 18.9. The van der Waals surface area contributed by atoms with E-state index in [2.05, 4.69) is 27.0 Å². The lowest BCUT2D eigenvalue weighted by Crippen LogP contribution is -2.46. The summed E-state index contributed by atoms with van der Waals surface area (Å²) in [6.45, 7) is 4.54. The van der Waals surface area contributed by atoms with Crippen LogP contribution in [-0.2, 0) is 21.4 Å². The van der Waals surface area contributed by atoms with Crippen molar-refractivity contribution in [3.63, 3.8) is 0 Å². The van der Waals surface area contributed by atoms with Crippen LogP contribution in [0.2, 0.25) is 0 Å². The van der Waals surface area contributed by atoms with Gasteiger partial charge in [0.15, 0.2) is 0 Å². The molecule has 0 unspecified atom stereocenters. The van der Waals surface area contributed by atoms with Gasteiger partial charge in [0.25, 0.3) is 0 Å². The molecule has 8 nitrogen and oxygen atoms in total. The molecule has 2 aromatic rings. The normalized spacial score (nSPS) is 23.6. The number of rotatable bonds is 8. The second-order valence-electron chi connectivity index (χ2n) is 10.3. The van der Waals surface area contributed by atoms with E-state index in [0.717, 1.165) is 36.9 Å². The molecule has 1 N–H and O–H groups in total. The summed E-state index contributed by atoms with van der Waals surface area (Å²) in [5.74, 6) is -2.27. The highest BCUT2D eigenvalue weighted by atomic mass is 32.2. The Bertz CT molecular complexity index is 1500. The molecule has 2 aliphatic heterocycles. The Balaban J connectivity index is 1.35. The molecule has 4 fully saturated rings. The van der Waals surface area contributed by atoms with Gasteiger partial charge in [0.1, 0.15) is 11.9 Å². The van der Waals surface area contributed by atoms with Crippen LogP contribution in [0.15, 0.2) is 57.5 Å². The Morgan fingerprint density at radius 3 is 2.48 bits per heavy atom. The lowest BCUT2D eigenvalue weighted by atomic mass is 9.83. The number of carbonyl (C=O) groups is 1. The third-order valence-electron chi connectivity index (χ3n) is 7.46. The van der Waals surface area contributed by atoms with Gasteiger partial charge in [-0.2, -0.15) is 17.5 Å². The highest BCUT2D eigenvalue weighted by Gasteiger charge is 2.58. The van der Waals surface area contributed by atoms with Crippen LogP contribution in [0.4, 0.5) is 17.6 Å². The fourth-order valence-corrected chi connectivity index (χ4v) is 7.02. The monoisotopic (exact) mass is 577 g/mol. The van der Waals surface area contributed by atoms with Crippen molar-refractivity contribution in [1.82, 2.24) is 14.6 Å². The van der Waals surface area contributed by atoms with Crippen molar-refractivity contribution >= 4 is 34.1 Å². The van der Waals surface area contributed by atoms with Crippen molar-refractivity contribution in [2.45, 2.75) is 68.2 Å². The third kappa shape index (κ3) is 5.57. The van der Waals surface area contributed by atoms with Gasteiger partial charge in [0, 0.05) is 23.9 Å². The highest BCUT2D eigenvalue weighted by Crippen LogP contribution is 2.48. The SMILES string of the molecule is C=NC(=N/C=C(\C)c1cc(CNC(=O)[C@@H]2C3CC(C3)N2S(=O)(=O)c2ccc(F)cc2)nc(C2CC2)c1)C(F)(F)F. The molecule has 212 valence electrons. The number of nitrogens with one attached hydrogen (secondary N) is 1. The van der Waals surface area contributed by atoms with Crippen molar-refractivity contribution in [2.24, 2.45) is 15.9 Å². The summed E-state index contributed by atoms with van der Waals surface area (Å²) < 4.78 is 80.1. The molecule has 1 aromatic carbocycles. The van der Waals surface area contributed by atoms with Crippen LogP contribution >= 0.6 is 0 Å². The number of amides is 1. The zero-order chi connectivity index (χ0) is 28.8. The molecule has 6 rings (SSSR count). The summed E-state index contributed by atoms with van der Waals surface area (Å²) in [6, 6.07) is 6.77. The third-order valence-corrected chi connectivity index (χ3v) is 9.41. The van der Waals surface area contributed by atoms with Gasteiger partial charge in [-0.05, 0) is 92.8 Å². The van der Waals surface area contributed by atoms with E-state index in [1.807, 2.05) is 0 Å². The molecule has 1 aromatic heterocycles. The second-order valence-corrected chi connectivity index (χ2v) is 12.1. The Hall–Kier alpha value is -3.45.